The molecule has 0 atom stereocenters. The van der Waals surface area contributed by atoms with Crippen molar-refractivity contribution < 1.29 is 13.2 Å². The summed E-state index contributed by atoms with van der Waals surface area (Å²) in [5.41, 5.74) is 1.21. The van der Waals surface area contributed by atoms with E-state index in [0.29, 0.717) is 6.54 Å². The molecule has 2 rings (SSSR count). The van der Waals surface area contributed by atoms with Gasteiger partial charge in [0.2, 0.25) is 15.9 Å². The molecule has 1 aliphatic heterocycles. The van der Waals surface area contributed by atoms with E-state index in [9.17, 15) is 13.2 Å². The number of fused-ring (bicyclic) bond motifs is 1. The van der Waals surface area contributed by atoms with Crippen LogP contribution in [0.15, 0.2) is 23.1 Å². The van der Waals surface area contributed by atoms with Crippen LogP contribution < -0.4 is 9.62 Å². The molecule has 0 unspecified atom stereocenters. The second kappa shape index (κ2) is 5.42. The lowest BCUT2D eigenvalue weighted by Crippen LogP contribution is -2.40. The van der Waals surface area contributed by atoms with Gasteiger partial charge in [0.25, 0.3) is 0 Å². The molecule has 0 aromatic heterocycles. The van der Waals surface area contributed by atoms with Crippen LogP contribution in [0.25, 0.3) is 0 Å². The maximum absolute atomic E-state index is 12.4. The number of anilines is 1. The Balaban J connectivity index is 2.40. The highest BCUT2D eigenvalue weighted by atomic mass is 32.2. The molecule has 0 fully saturated rings. The lowest BCUT2D eigenvalue weighted by Gasteiger charge is -2.29. The standard InChI is InChI=1S/C15H22N2O3S/c1-11(18)17-9-5-6-12-10-13(7-8-14(12)17)21(19,20)16-15(2,3)4/h7-8,10,16H,5-6,9H2,1-4H3. The quantitative estimate of drug-likeness (QED) is 0.909. The molecule has 21 heavy (non-hydrogen) atoms. The number of amides is 1. The average molecular weight is 310 g/mol. The fraction of sp³-hybridized carbons (Fsp3) is 0.533. The number of nitrogens with one attached hydrogen (secondary N) is 1. The number of benzene rings is 1. The summed E-state index contributed by atoms with van der Waals surface area (Å²) >= 11 is 0. The summed E-state index contributed by atoms with van der Waals surface area (Å²) in [6, 6.07) is 4.97. The predicted octanol–water partition coefficient (Wildman–Crippen LogP) is 2.06. The number of rotatable bonds is 2. The van der Waals surface area contributed by atoms with Crippen molar-refractivity contribution in [2.75, 3.05) is 11.4 Å². The molecule has 1 heterocycles. The Kier molecular flexibility index (Phi) is 4.13. The smallest absolute Gasteiger partial charge is 0.241 e. The summed E-state index contributed by atoms with van der Waals surface area (Å²) in [5.74, 6) is -0.0145. The van der Waals surface area contributed by atoms with E-state index in [1.807, 2.05) is 0 Å². The van der Waals surface area contributed by atoms with Gasteiger partial charge in [-0.3, -0.25) is 4.79 Å². The lowest BCUT2D eigenvalue weighted by atomic mass is 10.0. The molecule has 6 heteroatoms. The maximum atomic E-state index is 12.4. The van der Waals surface area contributed by atoms with Crippen LogP contribution in [0.2, 0.25) is 0 Å². The zero-order valence-electron chi connectivity index (χ0n) is 12.9. The first kappa shape index (κ1) is 16.0. The number of carbonyl (C=O) groups excluding carboxylic acids is 1. The van der Waals surface area contributed by atoms with Crippen molar-refractivity contribution >= 4 is 21.6 Å². The summed E-state index contributed by atoms with van der Waals surface area (Å²) in [6.07, 6.45) is 1.64. The van der Waals surface area contributed by atoms with Crippen molar-refractivity contribution in [3.63, 3.8) is 0 Å². The van der Waals surface area contributed by atoms with Gasteiger partial charge in [0.1, 0.15) is 0 Å². The predicted molar refractivity (Wildman–Crippen MR) is 82.9 cm³/mol. The van der Waals surface area contributed by atoms with E-state index >= 15 is 0 Å². The zero-order chi connectivity index (χ0) is 15.8. The van der Waals surface area contributed by atoms with E-state index in [1.165, 1.54) is 6.92 Å². The van der Waals surface area contributed by atoms with Gasteiger partial charge in [-0.05, 0) is 57.4 Å². The van der Waals surface area contributed by atoms with Crippen LogP contribution >= 0.6 is 0 Å². The van der Waals surface area contributed by atoms with Crippen LogP contribution in [0.5, 0.6) is 0 Å². The van der Waals surface area contributed by atoms with Gasteiger partial charge in [0, 0.05) is 24.7 Å². The van der Waals surface area contributed by atoms with Crippen molar-refractivity contribution in [2.24, 2.45) is 0 Å². The third-order valence-electron chi connectivity index (χ3n) is 3.30. The first-order valence-corrected chi connectivity index (χ1v) is 8.53. The minimum Gasteiger partial charge on any atom is -0.312 e. The normalized spacial score (nSPS) is 15.7. The first-order chi connectivity index (χ1) is 9.60. The topological polar surface area (TPSA) is 66.5 Å². The van der Waals surface area contributed by atoms with Crippen molar-refractivity contribution in [3.8, 4) is 0 Å². The Morgan fingerprint density at radius 2 is 1.95 bits per heavy atom. The van der Waals surface area contributed by atoms with Crippen LogP contribution in [-0.2, 0) is 21.2 Å². The molecule has 1 aromatic carbocycles. The highest BCUT2D eigenvalue weighted by molar-refractivity contribution is 7.89. The van der Waals surface area contributed by atoms with E-state index in [2.05, 4.69) is 4.72 Å². The van der Waals surface area contributed by atoms with Gasteiger partial charge in [-0.15, -0.1) is 0 Å². The van der Waals surface area contributed by atoms with Gasteiger partial charge in [0.15, 0.2) is 0 Å². The third-order valence-corrected chi connectivity index (χ3v) is 5.06. The molecule has 1 N–H and O–H groups in total. The minimum absolute atomic E-state index is 0.0145. The Morgan fingerprint density at radius 1 is 1.29 bits per heavy atom. The molecule has 0 radical (unpaired) electrons. The largest absolute Gasteiger partial charge is 0.312 e. The number of carbonyl (C=O) groups is 1. The molecule has 0 spiro atoms. The maximum Gasteiger partial charge on any atom is 0.241 e. The Hall–Kier alpha value is -1.40. The molecule has 0 bridgehead atoms. The van der Waals surface area contributed by atoms with Crippen LogP contribution in [0.4, 0.5) is 5.69 Å². The number of aryl methyl sites for hydroxylation is 1. The first-order valence-electron chi connectivity index (χ1n) is 7.05. The molecule has 5 nitrogen and oxygen atoms in total. The number of hydrogen-bond donors (Lipinski definition) is 1. The van der Waals surface area contributed by atoms with E-state index in [1.54, 1.807) is 43.9 Å². The van der Waals surface area contributed by atoms with Gasteiger partial charge < -0.3 is 4.90 Å². The van der Waals surface area contributed by atoms with Gasteiger partial charge in [0.05, 0.1) is 4.90 Å². The van der Waals surface area contributed by atoms with E-state index in [-0.39, 0.29) is 10.8 Å². The second-order valence-corrected chi connectivity index (χ2v) is 8.10. The van der Waals surface area contributed by atoms with Crippen molar-refractivity contribution in [1.29, 1.82) is 0 Å². The summed E-state index contributed by atoms with van der Waals surface area (Å²) < 4.78 is 27.4. The molecule has 1 aromatic rings. The molecule has 1 amide bonds. The molecule has 0 saturated carbocycles. The van der Waals surface area contributed by atoms with E-state index in [4.69, 9.17) is 0 Å². The SMILES string of the molecule is CC(=O)N1CCCc2cc(S(=O)(=O)NC(C)(C)C)ccc21. The summed E-state index contributed by atoms with van der Waals surface area (Å²) in [4.78, 5) is 13.6. The van der Waals surface area contributed by atoms with Crippen LogP contribution in [0.1, 0.15) is 39.7 Å². The molecule has 0 aliphatic carbocycles. The van der Waals surface area contributed by atoms with Gasteiger partial charge in [-0.25, -0.2) is 13.1 Å². The van der Waals surface area contributed by atoms with Gasteiger partial charge >= 0.3 is 0 Å². The molecular weight excluding hydrogens is 288 g/mol. The van der Waals surface area contributed by atoms with Crippen LogP contribution in [0.3, 0.4) is 0 Å². The monoisotopic (exact) mass is 310 g/mol. The molecule has 116 valence electrons. The van der Waals surface area contributed by atoms with Crippen LogP contribution in [0, 0.1) is 0 Å². The highest BCUT2D eigenvalue weighted by Gasteiger charge is 2.25. The fourth-order valence-electron chi connectivity index (χ4n) is 2.53. The van der Waals surface area contributed by atoms with Crippen molar-refractivity contribution in [3.05, 3.63) is 23.8 Å². The lowest BCUT2D eigenvalue weighted by molar-refractivity contribution is -0.116. The molecule has 0 saturated heterocycles. The highest BCUT2D eigenvalue weighted by Crippen LogP contribution is 2.29. The van der Waals surface area contributed by atoms with E-state index in [0.717, 1.165) is 24.1 Å². The number of nitrogens with zero attached hydrogens (tertiary/aromatic N) is 1. The molecular formula is C15H22N2O3S. The Morgan fingerprint density at radius 3 is 2.52 bits per heavy atom. The third kappa shape index (κ3) is 3.63. The van der Waals surface area contributed by atoms with Gasteiger partial charge in [-0.2, -0.15) is 0 Å². The fourth-order valence-corrected chi connectivity index (χ4v) is 4.00. The number of hydrogen-bond acceptors (Lipinski definition) is 3. The Bertz CT molecular complexity index is 660. The minimum atomic E-state index is -3.54. The second-order valence-electron chi connectivity index (χ2n) is 6.42. The summed E-state index contributed by atoms with van der Waals surface area (Å²) in [6.45, 7) is 7.64. The summed E-state index contributed by atoms with van der Waals surface area (Å²) in [7, 11) is -3.54. The van der Waals surface area contributed by atoms with Crippen molar-refractivity contribution in [2.45, 2.75) is 51.0 Å². The van der Waals surface area contributed by atoms with Gasteiger partial charge in [-0.1, -0.05) is 0 Å². The Labute approximate surface area is 126 Å². The van der Waals surface area contributed by atoms with Crippen molar-refractivity contribution in [1.82, 2.24) is 4.72 Å². The summed E-state index contributed by atoms with van der Waals surface area (Å²) in [5, 5.41) is 0. The van der Waals surface area contributed by atoms with Crippen LogP contribution in [-0.4, -0.2) is 26.4 Å². The molecule has 1 aliphatic rings. The average Bonchev–Trinajstić information content (AvgIpc) is 2.34. The van der Waals surface area contributed by atoms with E-state index < -0.39 is 15.6 Å². The zero-order valence-corrected chi connectivity index (χ0v) is 13.8. The number of sulfonamides is 1.